The van der Waals surface area contributed by atoms with Crippen LogP contribution in [0.5, 0.6) is 0 Å². The minimum atomic E-state index is 0.184. The third-order valence-corrected chi connectivity index (χ3v) is 3.56. The molecule has 2 atom stereocenters. The molecule has 3 nitrogen and oxygen atoms in total. The maximum Gasteiger partial charge on any atom is 0.180 e. The minimum absolute atomic E-state index is 0.184. The maximum absolute atomic E-state index is 5.67. The summed E-state index contributed by atoms with van der Waals surface area (Å²) < 4.78 is 0. The molecule has 1 aromatic carbocycles. The molecule has 2 fully saturated rings. The van der Waals surface area contributed by atoms with Gasteiger partial charge in [0.25, 0.3) is 0 Å². The quantitative estimate of drug-likeness (QED) is 0.613. The van der Waals surface area contributed by atoms with Crippen molar-refractivity contribution in [2.24, 2.45) is 0 Å². The van der Waals surface area contributed by atoms with Gasteiger partial charge in [0.05, 0.1) is 0 Å². The van der Waals surface area contributed by atoms with Gasteiger partial charge >= 0.3 is 0 Å². The van der Waals surface area contributed by atoms with Crippen LogP contribution in [0.4, 0.5) is 5.69 Å². The number of nitrogen functional groups attached to an aromatic ring is 1. The van der Waals surface area contributed by atoms with Crippen molar-refractivity contribution in [3.8, 4) is 0 Å². The van der Waals surface area contributed by atoms with E-state index in [1.165, 1.54) is 37.7 Å². The lowest BCUT2D eigenvalue weighted by Gasteiger charge is -2.20. The fraction of sp³-hybridized carbons (Fsp3) is 0.538. The highest BCUT2D eigenvalue weighted by Crippen LogP contribution is 2.42. The van der Waals surface area contributed by atoms with Crippen LogP contribution in [-0.4, -0.2) is 11.1 Å². The summed E-state index contributed by atoms with van der Waals surface area (Å²) in [5.41, 5.74) is 7.71. The standard InChI is InChI=1S/C13H18N2O/c14-11-8-6-10(7-9-11)13-15(16-13)12-4-2-1-3-5-12/h6-9,12-13H,1-5,14H2. The van der Waals surface area contributed by atoms with Gasteiger partial charge in [-0.15, -0.1) is 5.06 Å². The highest BCUT2D eigenvalue weighted by Gasteiger charge is 2.43. The summed E-state index contributed by atoms with van der Waals surface area (Å²) in [5, 5.41) is 2.16. The molecule has 2 N–H and O–H groups in total. The van der Waals surface area contributed by atoms with Crippen LogP contribution in [0.25, 0.3) is 0 Å². The second-order valence-electron chi connectivity index (χ2n) is 4.78. The van der Waals surface area contributed by atoms with E-state index in [2.05, 4.69) is 17.2 Å². The Hall–Kier alpha value is -1.06. The number of hydroxylamine groups is 2. The smallest absolute Gasteiger partial charge is 0.180 e. The van der Waals surface area contributed by atoms with Crippen molar-refractivity contribution in [3.63, 3.8) is 0 Å². The monoisotopic (exact) mass is 218 g/mol. The molecule has 0 radical (unpaired) electrons. The van der Waals surface area contributed by atoms with Crippen molar-refractivity contribution < 1.29 is 4.84 Å². The summed E-state index contributed by atoms with van der Waals surface area (Å²) in [6.45, 7) is 0. The van der Waals surface area contributed by atoms with Crippen molar-refractivity contribution in [1.82, 2.24) is 5.06 Å². The Labute approximate surface area is 96.1 Å². The lowest BCUT2D eigenvalue weighted by Crippen LogP contribution is -2.21. The van der Waals surface area contributed by atoms with E-state index in [4.69, 9.17) is 10.6 Å². The van der Waals surface area contributed by atoms with E-state index in [1.807, 2.05) is 12.1 Å². The molecule has 3 heteroatoms. The normalized spacial score (nSPS) is 30.2. The zero-order chi connectivity index (χ0) is 11.0. The second-order valence-corrected chi connectivity index (χ2v) is 4.78. The fourth-order valence-electron chi connectivity index (χ4n) is 2.57. The lowest BCUT2D eigenvalue weighted by atomic mass is 9.95. The van der Waals surface area contributed by atoms with Crippen molar-refractivity contribution in [2.45, 2.75) is 44.4 Å². The van der Waals surface area contributed by atoms with Gasteiger partial charge in [0.2, 0.25) is 0 Å². The first-order chi connectivity index (χ1) is 7.84. The zero-order valence-electron chi connectivity index (χ0n) is 9.43. The van der Waals surface area contributed by atoms with Gasteiger partial charge in [-0.1, -0.05) is 31.4 Å². The fourth-order valence-corrected chi connectivity index (χ4v) is 2.57. The highest BCUT2D eigenvalue weighted by atomic mass is 16.8. The maximum atomic E-state index is 5.67. The van der Waals surface area contributed by atoms with Crippen molar-refractivity contribution in [3.05, 3.63) is 29.8 Å². The van der Waals surface area contributed by atoms with Crippen LogP contribution in [0.3, 0.4) is 0 Å². The summed E-state index contributed by atoms with van der Waals surface area (Å²) in [6, 6.07) is 8.63. The van der Waals surface area contributed by atoms with Crippen LogP contribution in [0.15, 0.2) is 24.3 Å². The van der Waals surface area contributed by atoms with E-state index >= 15 is 0 Å². The number of benzene rings is 1. The first-order valence-corrected chi connectivity index (χ1v) is 6.15. The highest BCUT2D eigenvalue weighted by molar-refractivity contribution is 5.40. The van der Waals surface area contributed by atoms with Crippen molar-refractivity contribution in [1.29, 1.82) is 0 Å². The summed E-state index contributed by atoms with van der Waals surface area (Å²) in [6.07, 6.45) is 6.83. The van der Waals surface area contributed by atoms with E-state index in [9.17, 15) is 0 Å². The van der Waals surface area contributed by atoms with Gasteiger partial charge in [-0.2, -0.15) is 0 Å². The number of rotatable bonds is 2. The lowest BCUT2D eigenvalue weighted by molar-refractivity contribution is 0.119. The van der Waals surface area contributed by atoms with E-state index < -0.39 is 0 Å². The van der Waals surface area contributed by atoms with Crippen LogP contribution in [0.1, 0.15) is 43.9 Å². The molecule has 2 unspecified atom stereocenters. The number of nitrogens with zero attached hydrogens (tertiary/aromatic N) is 1. The van der Waals surface area contributed by atoms with E-state index in [0.717, 1.165) is 5.69 Å². The van der Waals surface area contributed by atoms with Gasteiger partial charge < -0.3 is 5.73 Å². The molecule has 1 aliphatic carbocycles. The molecular weight excluding hydrogens is 200 g/mol. The summed E-state index contributed by atoms with van der Waals surface area (Å²) in [4.78, 5) is 5.67. The topological polar surface area (TPSA) is 41.6 Å². The number of hydrogen-bond donors (Lipinski definition) is 1. The average molecular weight is 218 g/mol. The molecule has 3 rings (SSSR count). The number of anilines is 1. The van der Waals surface area contributed by atoms with E-state index in [-0.39, 0.29) is 6.23 Å². The largest absolute Gasteiger partial charge is 0.399 e. The summed E-state index contributed by atoms with van der Waals surface area (Å²) in [5.74, 6) is 0. The Kier molecular flexibility index (Phi) is 2.58. The Morgan fingerprint density at radius 3 is 2.44 bits per heavy atom. The molecule has 1 saturated carbocycles. The SMILES string of the molecule is Nc1ccc(C2ON2C2CCCCC2)cc1. The molecule has 1 aliphatic heterocycles. The predicted molar refractivity (Wildman–Crippen MR) is 63.4 cm³/mol. The second kappa shape index (κ2) is 4.07. The van der Waals surface area contributed by atoms with Gasteiger partial charge in [-0.25, -0.2) is 0 Å². The molecular formula is C13H18N2O. The van der Waals surface area contributed by atoms with E-state index in [0.29, 0.717) is 6.04 Å². The molecule has 1 heterocycles. The van der Waals surface area contributed by atoms with E-state index in [1.54, 1.807) is 0 Å². The number of nitrogens with two attached hydrogens (primary N) is 1. The molecule has 1 saturated heterocycles. The molecule has 0 amide bonds. The molecule has 86 valence electrons. The molecule has 2 aliphatic rings. The van der Waals surface area contributed by atoms with Crippen LogP contribution < -0.4 is 5.73 Å². The number of hydrogen-bond acceptors (Lipinski definition) is 3. The van der Waals surface area contributed by atoms with Crippen LogP contribution in [0, 0.1) is 0 Å². The minimum Gasteiger partial charge on any atom is -0.399 e. The van der Waals surface area contributed by atoms with Gasteiger partial charge in [0.15, 0.2) is 6.23 Å². The molecule has 0 aromatic heterocycles. The molecule has 16 heavy (non-hydrogen) atoms. The third kappa shape index (κ3) is 1.93. The van der Waals surface area contributed by atoms with Gasteiger partial charge in [-0.3, -0.25) is 4.84 Å². The summed E-state index contributed by atoms with van der Waals surface area (Å²) >= 11 is 0. The summed E-state index contributed by atoms with van der Waals surface area (Å²) in [7, 11) is 0. The molecule has 0 spiro atoms. The Morgan fingerprint density at radius 2 is 1.75 bits per heavy atom. The Bertz CT molecular complexity index is 357. The zero-order valence-corrected chi connectivity index (χ0v) is 9.43. The third-order valence-electron chi connectivity index (χ3n) is 3.56. The predicted octanol–water partition coefficient (Wildman–Crippen LogP) is 2.85. The Balaban J connectivity index is 1.64. The van der Waals surface area contributed by atoms with Crippen molar-refractivity contribution in [2.75, 3.05) is 5.73 Å². The van der Waals surface area contributed by atoms with Crippen molar-refractivity contribution >= 4 is 5.69 Å². The van der Waals surface area contributed by atoms with Crippen LogP contribution in [-0.2, 0) is 4.84 Å². The first-order valence-electron chi connectivity index (χ1n) is 6.15. The molecule has 1 aromatic rings. The molecule has 0 bridgehead atoms. The Morgan fingerprint density at radius 1 is 1.06 bits per heavy atom. The van der Waals surface area contributed by atoms with Gasteiger partial charge in [-0.05, 0) is 30.5 Å². The van der Waals surface area contributed by atoms with Gasteiger partial charge in [0.1, 0.15) is 0 Å². The first kappa shape index (κ1) is 10.1. The average Bonchev–Trinajstić information content (AvgIpc) is 3.11. The van der Waals surface area contributed by atoms with Gasteiger partial charge in [0, 0.05) is 11.7 Å². The van der Waals surface area contributed by atoms with Crippen LogP contribution >= 0.6 is 0 Å². The van der Waals surface area contributed by atoms with Crippen LogP contribution in [0.2, 0.25) is 0 Å².